The SMILES string of the molecule is COC1C[C@H]2CC[C@@H](C1)N2CC1(CC(C)C)CC1. The Balaban J connectivity index is 1.61. The Bertz CT molecular complexity index is 283. The zero-order valence-electron chi connectivity index (χ0n) is 12.3. The Morgan fingerprint density at radius 1 is 1.17 bits per heavy atom. The van der Waals surface area contributed by atoms with Crippen LogP contribution in [-0.2, 0) is 4.74 Å². The minimum absolute atomic E-state index is 0.541. The molecule has 2 aliphatic heterocycles. The number of methoxy groups -OCH3 is 1. The van der Waals surface area contributed by atoms with E-state index in [2.05, 4.69) is 18.7 Å². The number of ether oxygens (including phenoxy) is 1. The molecule has 2 heterocycles. The van der Waals surface area contributed by atoms with Gasteiger partial charge in [-0.15, -0.1) is 0 Å². The van der Waals surface area contributed by atoms with Crippen LogP contribution in [0.15, 0.2) is 0 Å². The zero-order valence-corrected chi connectivity index (χ0v) is 12.3. The van der Waals surface area contributed by atoms with Crippen LogP contribution >= 0.6 is 0 Å². The fourth-order valence-electron chi connectivity index (χ4n) is 4.53. The number of piperidine rings is 1. The lowest BCUT2D eigenvalue weighted by molar-refractivity contribution is -0.00330. The molecule has 3 rings (SSSR count). The highest BCUT2D eigenvalue weighted by Crippen LogP contribution is 2.53. The molecule has 0 radical (unpaired) electrons. The van der Waals surface area contributed by atoms with Crippen LogP contribution in [0.25, 0.3) is 0 Å². The van der Waals surface area contributed by atoms with E-state index in [1.807, 2.05) is 7.11 Å². The fourth-order valence-corrected chi connectivity index (χ4v) is 4.53. The second-order valence-electron chi connectivity index (χ2n) is 7.48. The molecule has 0 N–H and O–H groups in total. The minimum atomic E-state index is 0.541. The summed E-state index contributed by atoms with van der Waals surface area (Å²) in [6.07, 6.45) is 10.3. The summed E-state index contributed by atoms with van der Waals surface area (Å²) in [4.78, 5) is 2.87. The molecule has 1 unspecified atom stereocenters. The van der Waals surface area contributed by atoms with Gasteiger partial charge in [-0.05, 0) is 56.3 Å². The summed E-state index contributed by atoms with van der Waals surface area (Å²) < 4.78 is 5.60. The molecule has 0 amide bonds. The summed E-state index contributed by atoms with van der Waals surface area (Å²) in [6.45, 7) is 6.15. The quantitative estimate of drug-likeness (QED) is 0.742. The van der Waals surface area contributed by atoms with Crippen LogP contribution in [0, 0.1) is 11.3 Å². The van der Waals surface area contributed by atoms with Crippen molar-refractivity contribution >= 4 is 0 Å². The van der Waals surface area contributed by atoms with Gasteiger partial charge in [0.25, 0.3) is 0 Å². The maximum Gasteiger partial charge on any atom is 0.0601 e. The van der Waals surface area contributed by atoms with Crippen LogP contribution in [0.4, 0.5) is 0 Å². The van der Waals surface area contributed by atoms with Gasteiger partial charge in [0.2, 0.25) is 0 Å². The standard InChI is InChI=1S/C16H29NO/c1-12(2)10-16(6-7-16)11-17-13-4-5-14(17)9-15(8-13)18-3/h12-15H,4-11H2,1-3H3/t13-,14+,15?. The summed E-state index contributed by atoms with van der Waals surface area (Å²) in [6, 6.07) is 1.66. The molecule has 0 aromatic heterocycles. The van der Waals surface area contributed by atoms with Gasteiger partial charge in [-0.1, -0.05) is 13.8 Å². The van der Waals surface area contributed by atoms with E-state index < -0.39 is 0 Å². The summed E-state index contributed by atoms with van der Waals surface area (Å²) >= 11 is 0. The van der Waals surface area contributed by atoms with E-state index in [9.17, 15) is 0 Å². The van der Waals surface area contributed by atoms with Gasteiger partial charge >= 0.3 is 0 Å². The van der Waals surface area contributed by atoms with Crippen molar-refractivity contribution in [3.63, 3.8) is 0 Å². The van der Waals surface area contributed by atoms with Gasteiger partial charge in [-0.3, -0.25) is 4.90 Å². The normalized spacial score (nSPS) is 38.3. The number of hydrogen-bond acceptors (Lipinski definition) is 2. The van der Waals surface area contributed by atoms with Crippen molar-refractivity contribution in [1.29, 1.82) is 0 Å². The monoisotopic (exact) mass is 251 g/mol. The van der Waals surface area contributed by atoms with E-state index in [0.717, 1.165) is 18.0 Å². The molecule has 3 atom stereocenters. The Hall–Kier alpha value is -0.0800. The topological polar surface area (TPSA) is 12.5 Å². The molecule has 0 aromatic rings. The smallest absolute Gasteiger partial charge is 0.0601 e. The van der Waals surface area contributed by atoms with Crippen LogP contribution in [-0.4, -0.2) is 36.7 Å². The number of fused-ring (bicyclic) bond motifs is 2. The Morgan fingerprint density at radius 2 is 1.78 bits per heavy atom. The van der Waals surface area contributed by atoms with Gasteiger partial charge in [0.05, 0.1) is 6.10 Å². The van der Waals surface area contributed by atoms with Crippen LogP contribution in [0.1, 0.15) is 58.8 Å². The fraction of sp³-hybridized carbons (Fsp3) is 1.00. The number of rotatable bonds is 5. The largest absolute Gasteiger partial charge is 0.381 e. The van der Waals surface area contributed by atoms with E-state index in [1.54, 1.807) is 0 Å². The van der Waals surface area contributed by atoms with Gasteiger partial charge in [-0.25, -0.2) is 0 Å². The van der Waals surface area contributed by atoms with E-state index >= 15 is 0 Å². The van der Waals surface area contributed by atoms with Crippen LogP contribution in [0.3, 0.4) is 0 Å². The predicted molar refractivity (Wildman–Crippen MR) is 74.7 cm³/mol. The molecular weight excluding hydrogens is 222 g/mol. The molecule has 3 fully saturated rings. The molecule has 3 aliphatic rings. The third kappa shape index (κ3) is 2.46. The van der Waals surface area contributed by atoms with Crippen molar-refractivity contribution in [2.75, 3.05) is 13.7 Å². The first-order valence-corrected chi connectivity index (χ1v) is 7.90. The minimum Gasteiger partial charge on any atom is -0.381 e. The van der Waals surface area contributed by atoms with E-state index in [0.29, 0.717) is 11.5 Å². The Kier molecular flexibility index (Phi) is 3.44. The van der Waals surface area contributed by atoms with Crippen molar-refractivity contribution in [2.45, 2.75) is 77.0 Å². The highest BCUT2D eigenvalue weighted by Gasteiger charge is 2.49. The van der Waals surface area contributed by atoms with Crippen molar-refractivity contribution in [3.8, 4) is 0 Å². The number of hydrogen-bond donors (Lipinski definition) is 0. The van der Waals surface area contributed by atoms with Crippen molar-refractivity contribution < 1.29 is 4.74 Å². The maximum absolute atomic E-state index is 5.60. The molecular formula is C16H29NO. The summed E-state index contributed by atoms with van der Waals surface area (Å²) in [7, 11) is 1.89. The molecule has 0 aromatic carbocycles. The van der Waals surface area contributed by atoms with E-state index in [4.69, 9.17) is 4.74 Å². The Labute approximate surface area is 112 Å². The second kappa shape index (κ2) is 4.79. The third-order valence-corrected chi connectivity index (χ3v) is 5.49. The zero-order chi connectivity index (χ0) is 12.8. The van der Waals surface area contributed by atoms with Gasteiger partial charge in [-0.2, -0.15) is 0 Å². The van der Waals surface area contributed by atoms with Crippen molar-refractivity contribution in [1.82, 2.24) is 4.90 Å². The first-order chi connectivity index (χ1) is 8.62. The van der Waals surface area contributed by atoms with Crippen LogP contribution < -0.4 is 0 Å². The summed E-state index contributed by atoms with van der Waals surface area (Å²) in [5, 5.41) is 0. The molecule has 1 aliphatic carbocycles. The predicted octanol–water partition coefficient (Wildman–Crippen LogP) is 3.45. The molecule has 2 bridgehead atoms. The lowest BCUT2D eigenvalue weighted by atomic mass is 9.91. The van der Waals surface area contributed by atoms with Crippen LogP contribution in [0.2, 0.25) is 0 Å². The lowest BCUT2D eigenvalue weighted by Gasteiger charge is -2.40. The average Bonchev–Trinajstić information content (AvgIpc) is 3.02. The summed E-state index contributed by atoms with van der Waals surface area (Å²) in [5.41, 5.74) is 0.703. The van der Waals surface area contributed by atoms with Gasteiger partial charge in [0.15, 0.2) is 0 Å². The molecule has 1 saturated carbocycles. The highest BCUT2D eigenvalue weighted by atomic mass is 16.5. The molecule has 104 valence electrons. The summed E-state index contributed by atoms with van der Waals surface area (Å²) in [5.74, 6) is 0.863. The molecule has 0 spiro atoms. The third-order valence-electron chi connectivity index (χ3n) is 5.49. The lowest BCUT2D eigenvalue weighted by Crippen LogP contribution is -2.47. The van der Waals surface area contributed by atoms with E-state index in [1.165, 1.54) is 51.5 Å². The average molecular weight is 251 g/mol. The van der Waals surface area contributed by atoms with Crippen LogP contribution in [0.5, 0.6) is 0 Å². The first-order valence-electron chi connectivity index (χ1n) is 7.90. The van der Waals surface area contributed by atoms with Gasteiger partial charge in [0.1, 0.15) is 0 Å². The first kappa shape index (κ1) is 12.9. The Morgan fingerprint density at radius 3 is 2.22 bits per heavy atom. The van der Waals surface area contributed by atoms with Gasteiger partial charge < -0.3 is 4.74 Å². The second-order valence-corrected chi connectivity index (χ2v) is 7.48. The number of nitrogens with zero attached hydrogens (tertiary/aromatic N) is 1. The van der Waals surface area contributed by atoms with Gasteiger partial charge in [0, 0.05) is 25.7 Å². The molecule has 18 heavy (non-hydrogen) atoms. The highest BCUT2D eigenvalue weighted by molar-refractivity contribution is 5.02. The molecule has 2 saturated heterocycles. The van der Waals surface area contributed by atoms with Crippen molar-refractivity contribution in [3.05, 3.63) is 0 Å². The van der Waals surface area contributed by atoms with Crippen molar-refractivity contribution in [2.24, 2.45) is 11.3 Å². The maximum atomic E-state index is 5.60. The van der Waals surface area contributed by atoms with E-state index in [-0.39, 0.29) is 0 Å². The molecule has 2 nitrogen and oxygen atoms in total. The molecule has 2 heteroatoms.